The van der Waals surface area contributed by atoms with Gasteiger partial charge in [0, 0.05) is 31.2 Å². The summed E-state index contributed by atoms with van der Waals surface area (Å²) >= 11 is 0. The van der Waals surface area contributed by atoms with Crippen molar-refractivity contribution < 1.29 is 18.6 Å². The molecule has 11 heteroatoms. The van der Waals surface area contributed by atoms with Crippen LogP contribution in [0.5, 0.6) is 0 Å². The lowest BCUT2D eigenvalue weighted by Gasteiger charge is -2.35. The molecule has 1 saturated heterocycles. The number of anilines is 2. The van der Waals surface area contributed by atoms with Gasteiger partial charge < -0.3 is 25.4 Å². The average Bonchev–Trinajstić information content (AvgIpc) is 3.32. The molecule has 0 spiro atoms. The molecule has 3 N–H and O–H groups in total. The molecule has 3 heterocycles. The van der Waals surface area contributed by atoms with Crippen molar-refractivity contribution in [3.63, 3.8) is 0 Å². The number of para-hydroxylation sites is 2. The Morgan fingerprint density at radius 3 is 2.52 bits per heavy atom. The highest BCUT2D eigenvalue weighted by Gasteiger charge is 2.29. The van der Waals surface area contributed by atoms with Crippen LogP contribution in [0.15, 0.2) is 30.3 Å². The van der Waals surface area contributed by atoms with E-state index >= 15 is 0 Å². The number of rotatable bonds is 9. The molecule has 1 unspecified atom stereocenters. The van der Waals surface area contributed by atoms with Gasteiger partial charge in [-0.1, -0.05) is 12.1 Å². The van der Waals surface area contributed by atoms with E-state index in [1.165, 1.54) is 4.57 Å². The molecule has 3 aromatic rings. The predicted molar refractivity (Wildman–Crippen MR) is 152 cm³/mol. The summed E-state index contributed by atoms with van der Waals surface area (Å²) in [6, 6.07) is 9.38. The third kappa shape index (κ3) is 6.37. The quantitative estimate of drug-likeness (QED) is 0.348. The maximum absolute atomic E-state index is 14.1. The van der Waals surface area contributed by atoms with Crippen molar-refractivity contribution in [2.24, 2.45) is 5.92 Å². The van der Waals surface area contributed by atoms with E-state index in [0.29, 0.717) is 66.9 Å². The molecular weight excluding hydrogens is 516 g/mol. The number of nitrogens with zero attached hydrogens (tertiary/aromatic N) is 5. The second-order valence-corrected chi connectivity index (χ2v) is 11.8. The first kappa shape index (κ1) is 28.6. The molecule has 2 atom stereocenters. The van der Waals surface area contributed by atoms with Crippen LogP contribution in [0.25, 0.3) is 16.9 Å². The number of hydrogen-bond acceptors (Lipinski definition) is 8. The Balaban J connectivity index is 1.38. The van der Waals surface area contributed by atoms with E-state index in [1.807, 2.05) is 26.8 Å². The fraction of sp³-hybridized carbons (Fsp3) is 0.621. The van der Waals surface area contributed by atoms with Crippen LogP contribution in [0, 0.1) is 5.92 Å². The molecule has 1 aliphatic carbocycles. The van der Waals surface area contributed by atoms with Crippen LogP contribution in [0.4, 0.5) is 20.5 Å². The second kappa shape index (κ2) is 11.9. The van der Waals surface area contributed by atoms with Crippen molar-refractivity contribution in [2.45, 2.75) is 83.5 Å². The van der Waals surface area contributed by atoms with Gasteiger partial charge in [-0.25, -0.2) is 13.8 Å². The van der Waals surface area contributed by atoms with Crippen molar-refractivity contribution in [3.05, 3.63) is 36.2 Å². The van der Waals surface area contributed by atoms with Gasteiger partial charge in [0.1, 0.15) is 11.6 Å². The lowest BCUT2D eigenvalue weighted by Crippen LogP contribution is -2.49. The van der Waals surface area contributed by atoms with Gasteiger partial charge in [-0.15, -0.1) is 0 Å². The van der Waals surface area contributed by atoms with E-state index in [9.17, 15) is 13.9 Å². The van der Waals surface area contributed by atoms with Crippen molar-refractivity contribution >= 4 is 22.8 Å². The molecule has 1 aliphatic heterocycles. The van der Waals surface area contributed by atoms with Gasteiger partial charge in [0.05, 0.1) is 35.9 Å². The van der Waals surface area contributed by atoms with Crippen LogP contribution in [-0.4, -0.2) is 74.7 Å². The summed E-state index contributed by atoms with van der Waals surface area (Å²) in [6.07, 6.45) is 1.38. The van der Waals surface area contributed by atoms with Crippen LogP contribution < -0.4 is 15.5 Å². The highest BCUT2D eigenvalue weighted by Crippen LogP contribution is 2.31. The highest BCUT2D eigenvalue weighted by molar-refractivity contribution is 5.78. The number of nitrogens with one attached hydrogen (secondary N) is 2. The summed E-state index contributed by atoms with van der Waals surface area (Å²) in [5.74, 6) is 1.57. The van der Waals surface area contributed by atoms with Crippen LogP contribution >= 0.6 is 0 Å². The smallest absolute Gasteiger partial charge is 0.296 e. The Morgan fingerprint density at radius 1 is 1.10 bits per heavy atom. The van der Waals surface area contributed by atoms with Gasteiger partial charge >= 0.3 is 0 Å². The third-order valence-electron chi connectivity index (χ3n) is 8.31. The largest absolute Gasteiger partial charge is 0.389 e. The lowest BCUT2D eigenvalue weighted by atomic mass is 9.85. The molecule has 9 nitrogen and oxygen atoms in total. The zero-order valence-electron chi connectivity index (χ0n) is 23.8. The van der Waals surface area contributed by atoms with E-state index in [1.54, 1.807) is 24.3 Å². The summed E-state index contributed by atoms with van der Waals surface area (Å²) in [5.41, 5.74) is 0.312. The maximum atomic E-state index is 14.1. The number of halogens is 2. The van der Waals surface area contributed by atoms with Crippen LogP contribution in [-0.2, 0) is 4.74 Å². The van der Waals surface area contributed by atoms with E-state index in [0.717, 1.165) is 25.7 Å². The van der Waals surface area contributed by atoms with Gasteiger partial charge in [-0.3, -0.25) is 4.57 Å². The van der Waals surface area contributed by atoms with Crippen LogP contribution in [0.3, 0.4) is 0 Å². The zero-order valence-corrected chi connectivity index (χ0v) is 23.8. The number of hydrogen-bond donors (Lipinski definition) is 3. The lowest BCUT2D eigenvalue weighted by molar-refractivity contribution is 0.0368. The Hall–Kier alpha value is -2.89. The predicted octanol–water partition coefficient (Wildman–Crippen LogP) is 4.70. The van der Waals surface area contributed by atoms with E-state index in [4.69, 9.17) is 14.7 Å². The van der Waals surface area contributed by atoms with Gasteiger partial charge in [-0.2, -0.15) is 9.97 Å². The van der Waals surface area contributed by atoms with Gasteiger partial charge in [-0.05, 0) is 71.4 Å². The second-order valence-electron chi connectivity index (χ2n) is 11.8. The Labute approximate surface area is 234 Å². The Bertz CT molecular complexity index is 1290. The Kier molecular flexibility index (Phi) is 8.53. The first-order valence-electron chi connectivity index (χ1n) is 14.3. The fourth-order valence-electron chi connectivity index (χ4n) is 5.59. The number of benzene rings is 1. The number of aromatic nitrogens is 4. The van der Waals surface area contributed by atoms with Crippen molar-refractivity contribution in [2.75, 3.05) is 36.5 Å². The first-order chi connectivity index (χ1) is 19.1. The molecule has 218 valence electrons. The summed E-state index contributed by atoms with van der Waals surface area (Å²) in [7, 11) is 0. The molecule has 0 radical (unpaired) electrons. The highest BCUT2D eigenvalue weighted by atomic mass is 19.3. The molecule has 2 aromatic heterocycles. The van der Waals surface area contributed by atoms with Crippen LogP contribution in [0.1, 0.15) is 65.6 Å². The summed E-state index contributed by atoms with van der Waals surface area (Å²) < 4.78 is 35.4. The molecule has 2 aliphatic rings. The molecule has 40 heavy (non-hydrogen) atoms. The minimum atomic E-state index is -2.76. The van der Waals surface area contributed by atoms with Gasteiger partial charge in [0.15, 0.2) is 5.82 Å². The van der Waals surface area contributed by atoms with Gasteiger partial charge in [0.25, 0.3) is 6.43 Å². The van der Waals surface area contributed by atoms with Crippen molar-refractivity contribution in [1.82, 2.24) is 24.8 Å². The average molecular weight is 558 g/mol. The molecule has 5 rings (SSSR count). The van der Waals surface area contributed by atoms with Crippen molar-refractivity contribution in [1.29, 1.82) is 0 Å². The number of fused-ring (bicyclic) bond motifs is 1. The monoisotopic (exact) mass is 557 g/mol. The molecule has 2 fully saturated rings. The normalized spacial score (nSPS) is 23.1. The number of ether oxygens (including phenoxy) is 1. The topological polar surface area (TPSA) is 100 Å². The third-order valence-corrected chi connectivity index (χ3v) is 8.31. The first-order valence-corrected chi connectivity index (χ1v) is 14.3. The Morgan fingerprint density at radius 2 is 1.82 bits per heavy atom. The number of imidazole rings is 1. The summed E-state index contributed by atoms with van der Waals surface area (Å²) in [5, 5.41) is 17.3. The number of morpholine rings is 1. The number of aliphatic hydroxyl groups is 1. The van der Waals surface area contributed by atoms with Gasteiger partial charge in [0.2, 0.25) is 5.95 Å². The minimum absolute atomic E-state index is 0.0155. The zero-order chi connectivity index (χ0) is 28.4. The van der Waals surface area contributed by atoms with E-state index in [-0.39, 0.29) is 17.9 Å². The molecule has 1 saturated carbocycles. The minimum Gasteiger partial charge on any atom is -0.389 e. The summed E-state index contributed by atoms with van der Waals surface area (Å²) in [6.45, 7) is 10.2. The molecule has 0 bridgehead atoms. The molecule has 0 amide bonds. The van der Waals surface area contributed by atoms with Crippen molar-refractivity contribution in [3.8, 4) is 5.82 Å². The van der Waals surface area contributed by atoms with Crippen LogP contribution in [0.2, 0.25) is 0 Å². The number of alkyl halides is 2. The fourth-order valence-corrected chi connectivity index (χ4v) is 5.59. The molecule has 1 aromatic carbocycles. The van der Waals surface area contributed by atoms with E-state index in [2.05, 4.69) is 27.4 Å². The van der Waals surface area contributed by atoms with E-state index < -0.39 is 12.0 Å². The maximum Gasteiger partial charge on any atom is 0.296 e. The summed E-state index contributed by atoms with van der Waals surface area (Å²) in [4.78, 5) is 15.9. The standard InChI is InChI=1S/C29H41F2N7O2/c1-18-17-40-14-13-37(18)24-15-25(38-23-8-6-5-7-22(23)34-27(38)26(30)31)36-28(35-24)32-16-20-9-11-21(12-10-20)33-19(2)29(3,4)39/h5-8,15,18-21,26,33,39H,9-14,16-17H2,1-4H3,(H,32,35,36)/t18-,19?,20-,21-/m1/s1. The SMILES string of the molecule is CC(N[C@H]1CC[C@H](CNc2nc(N3CCOC[C@H]3C)cc(-n3c(C(F)F)nc4ccccc43)n2)CC1)C(C)(C)O. The molecular formula is C29H41F2N7O2.